The second-order valence-corrected chi connectivity index (χ2v) is 10.8. The summed E-state index contributed by atoms with van der Waals surface area (Å²) in [6.07, 6.45) is -3.47. The van der Waals surface area contributed by atoms with Crippen LogP contribution in [-0.2, 0) is 32.0 Å². The van der Waals surface area contributed by atoms with Crippen molar-refractivity contribution in [3.63, 3.8) is 0 Å². The average molecular weight is 624 g/mol. The number of nitrogens with one attached hydrogen (secondary N) is 1. The van der Waals surface area contributed by atoms with Crippen LogP contribution in [0.4, 0.5) is 0 Å². The van der Waals surface area contributed by atoms with E-state index in [1.54, 1.807) is 12.1 Å². The largest absolute Gasteiger partial charge is 0.478 e. The van der Waals surface area contributed by atoms with Crippen LogP contribution >= 0.6 is 0 Å². The van der Waals surface area contributed by atoms with Crippen molar-refractivity contribution >= 4 is 23.9 Å². The van der Waals surface area contributed by atoms with Crippen LogP contribution in [0, 0.1) is 0 Å². The van der Waals surface area contributed by atoms with E-state index in [0.717, 1.165) is 31.0 Å². The molecule has 7 rings (SSSR count). The topological polar surface area (TPSA) is 158 Å². The molecule has 0 aromatic heterocycles. The summed E-state index contributed by atoms with van der Waals surface area (Å²) in [4.78, 5) is 46.8. The van der Waals surface area contributed by atoms with Crippen LogP contribution in [0.2, 0.25) is 0 Å². The highest BCUT2D eigenvalue weighted by molar-refractivity contribution is 5.95. The Morgan fingerprint density at radius 2 is 1.30 bits per heavy atom. The Kier molecular flexibility index (Phi) is 8.66. The van der Waals surface area contributed by atoms with Crippen LogP contribution in [0.15, 0.2) is 91.0 Å². The molecule has 2 aliphatic heterocycles. The van der Waals surface area contributed by atoms with Crippen molar-refractivity contribution in [3.05, 3.63) is 130 Å². The van der Waals surface area contributed by atoms with E-state index < -0.39 is 36.1 Å². The number of benzene rings is 4. The van der Waals surface area contributed by atoms with Gasteiger partial charge in [-0.1, -0.05) is 60.7 Å². The number of carboxylic acids is 2. The summed E-state index contributed by atoms with van der Waals surface area (Å²) in [6, 6.07) is 25.8. The highest BCUT2D eigenvalue weighted by atomic mass is 16.7. The first-order chi connectivity index (χ1) is 22.3. The van der Waals surface area contributed by atoms with Gasteiger partial charge in [0.1, 0.15) is 0 Å². The van der Waals surface area contributed by atoms with E-state index >= 15 is 0 Å². The molecule has 0 bridgehead atoms. The van der Waals surface area contributed by atoms with Crippen LogP contribution < -0.4 is 14.8 Å². The van der Waals surface area contributed by atoms with Gasteiger partial charge in [-0.15, -0.1) is 0 Å². The van der Waals surface area contributed by atoms with E-state index in [4.69, 9.17) is 18.9 Å². The molecule has 0 saturated heterocycles. The van der Waals surface area contributed by atoms with Crippen LogP contribution in [0.1, 0.15) is 54.5 Å². The second-order valence-electron chi connectivity index (χ2n) is 10.8. The summed E-state index contributed by atoms with van der Waals surface area (Å²) in [5.41, 5.74) is 7.21. The van der Waals surface area contributed by atoms with Crippen LogP contribution in [0.5, 0.6) is 11.5 Å². The molecule has 4 aromatic carbocycles. The molecule has 2 heterocycles. The number of carbonyl (C=O) groups is 4. The smallest absolute Gasteiger partial charge is 0.349 e. The molecule has 46 heavy (non-hydrogen) atoms. The predicted octanol–water partition coefficient (Wildman–Crippen LogP) is 4.16. The Morgan fingerprint density at radius 3 is 1.89 bits per heavy atom. The number of hydrogen-bond donors (Lipinski definition) is 3. The Morgan fingerprint density at radius 1 is 0.717 bits per heavy atom. The standard InChI is InChI=1S/C18H14O8.C17H15NO2/c19-15(20)13(25-17(23)11-7-3-1-4-8-11)14(16(21)22)26-18(24)12-9-5-2-6-10-12;1-2-10-6-13-12(4-5-15-17(13)20-9-19-15)14-8-18-7-11(3-1)16(10)14/h1-10,13-14H,(H,19,20)(H,21,22);1-5,14,18H,6-9H2/t13-,14-;14-/m01/s1. The van der Waals surface area contributed by atoms with Crippen molar-refractivity contribution in [3.8, 4) is 11.5 Å². The van der Waals surface area contributed by atoms with Gasteiger partial charge in [0.05, 0.1) is 11.1 Å². The third-order valence-electron chi connectivity index (χ3n) is 7.97. The lowest BCUT2D eigenvalue weighted by molar-refractivity contribution is -0.166. The van der Waals surface area contributed by atoms with Crippen molar-refractivity contribution in [2.45, 2.75) is 31.1 Å². The highest BCUT2D eigenvalue weighted by Crippen LogP contribution is 2.47. The fourth-order valence-electron chi connectivity index (χ4n) is 5.88. The number of carbonyl (C=O) groups excluding carboxylic acids is 2. The number of ether oxygens (including phenoxy) is 4. The average Bonchev–Trinajstić information content (AvgIpc) is 3.57. The van der Waals surface area contributed by atoms with Crippen molar-refractivity contribution in [2.24, 2.45) is 0 Å². The second kappa shape index (κ2) is 13.1. The number of fused-ring (bicyclic) bond motifs is 4. The first-order valence-corrected chi connectivity index (χ1v) is 14.5. The molecule has 0 saturated carbocycles. The zero-order chi connectivity index (χ0) is 32.2. The SMILES string of the molecule is O=C(O[C@H](C(=O)O)[C@H](OC(=O)c1ccccc1)C(=O)O)c1ccccc1.c1cc2c3c(c1)Cc1c(ccc4c1OCO4)[C@H]3CNC2. The van der Waals surface area contributed by atoms with Gasteiger partial charge in [-0.25, -0.2) is 19.2 Å². The first-order valence-electron chi connectivity index (χ1n) is 14.5. The van der Waals surface area contributed by atoms with Gasteiger partial charge in [0.25, 0.3) is 0 Å². The summed E-state index contributed by atoms with van der Waals surface area (Å²) >= 11 is 0. The van der Waals surface area contributed by atoms with Gasteiger partial charge in [0.15, 0.2) is 11.5 Å². The van der Waals surface area contributed by atoms with Gasteiger partial charge in [0.2, 0.25) is 19.0 Å². The minimum Gasteiger partial charge on any atom is -0.478 e. The molecule has 3 aliphatic rings. The zero-order valence-electron chi connectivity index (χ0n) is 24.4. The number of esters is 2. The third-order valence-corrected chi connectivity index (χ3v) is 7.97. The molecule has 234 valence electrons. The molecule has 0 unspecified atom stereocenters. The van der Waals surface area contributed by atoms with Gasteiger partial charge >= 0.3 is 23.9 Å². The lowest BCUT2D eigenvalue weighted by atomic mass is 9.74. The normalized spacial score (nSPS) is 16.3. The molecule has 3 atom stereocenters. The molecule has 1 aliphatic carbocycles. The maximum atomic E-state index is 12.0. The molecular formula is C35H29NO10. The zero-order valence-corrected chi connectivity index (χ0v) is 24.4. The summed E-state index contributed by atoms with van der Waals surface area (Å²) in [5, 5.41) is 22.0. The predicted molar refractivity (Wildman–Crippen MR) is 162 cm³/mol. The van der Waals surface area contributed by atoms with Crippen LogP contribution in [0.3, 0.4) is 0 Å². The number of rotatable bonds is 7. The molecule has 3 N–H and O–H groups in total. The van der Waals surface area contributed by atoms with Gasteiger partial charge in [-0.2, -0.15) is 0 Å². The van der Waals surface area contributed by atoms with Gasteiger partial charge < -0.3 is 34.5 Å². The molecule has 0 amide bonds. The number of aliphatic carboxylic acids is 2. The summed E-state index contributed by atoms with van der Waals surface area (Å²) in [7, 11) is 0. The van der Waals surface area contributed by atoms with Crippen molar-refractivity contribution in [2.75, 3.05) is 13.3 Å². The monoisotopic (exact) mass is 623 g/mol. The van der Waals surface area contributed by atoms with Gasteiger partial charge in [-0.3, -0.25) is 0 Å². The molecule has 0 fully saturated rings. The molecule has 4 aromatic rings. The third kappa shape index (κ3) is 6.13. The van der Waals surface area contributed by atoms with E-state index in [1.807, 2.05) is 0 Å². The summed E-state index contributed by atoms with van der Waals surface area (Å²) in [6.45, 7) is 2.35. The summed E-state index contributed by atoms with van der Waals surface area (Å²) < 4.78 is 20.8. The van der Waals surface area contributed by atoms with Crippen molar-refractivity contribution < 1.29 is 48.3 Å². The van der Waals surface area contributed by atoms with Crippen LogP contribution in [0.25, 0.3) is 0 Å². The Labute approximate surface area is 263 Å². The van der Waals surface area contributed by atoms with Gasteiger partial charge in [-0.05, 0) is 52.6 Å². The van der Waals surface area contributed by atoms with E-state index in [2.05, 4.69) is 35.6 Å². The van der Waals surface area contributed by atoms with E-state index in [-0.39, 0.29) is 11.1 Å². The molecule has 0 radical (unpaired) electrons. The fraction of sp³-hybridized carbons (Fsp3) is 0.200. The van der Waals surface area contributed by atoms with E-state index in [1.165, 1.54) is 76.3 Å². The molecule has 0 spiro atoms. The Bertz CT molecular complexity index is 1720. The minimum atomic E-state index is -2.21. The van der Waals surface area contributed by atoms with E-state index in [9.17, 15) is 29.4 Å². The Hall–Kier alpha value is -5.68. The molecule has 11 heteroatoms. The molecule has 11 nitrogen and oxygen atoms in total. The first kappa shape index (κ1) is 30.4. The lowest BCUT2D eigenvalue weighted by Crippen LogP contribution is -2.45. The lowest BCUT2D eigenvalue weighted by Gasteiger charge is -2.34. The highest BCUT2D eigenvalue weighted by Gasteiger charge is 2.41. The van der Waals surface area contributed by atoms with E-state index in [0.29, 0.717) is 12.7 Å². The fourth-order valence-corrected chi connectivity index (χ4v) is 5.88. The van der Waals surface area contributed by atoms with Crippen molar-refractivity contribution in [1.82, 2.24) is 5.32 Å². The quantitative estimate of drug-likeness (QED) is 0.254. The Balaban J connectivity index is 0.000000166. The minimum absolute atomic E-state index is 0.0253. The molecular weight excluding hydrogens is 594 g/mol. The number of carboxylic acid groups (broad SMARTS) is 2. The number of hydrogen-bond acceptors (Lipinski definition) is 9. The summed E-state index contributed by atoms with van der Waals surface area (Å²) in [5.74, 6) is -3.32. The van der Waals surface area contributed by atoms with Gasteiger partial charge in [0, 0.05) is 31.0 Å². The van der Waals surface area contributed by atoms with Crippen LogP contribution in [-0.4, -0.2) is 59.6 Å². The van der Waals surface area contributed by atoms with Crippen molar-refractivity contribution in [1.29, 1.82) is 0 Å². The maximum Gasteiger partial charge on any atom is 0.349 e. The maximum absolute atomic E-state index is 12.0.